The third-order valence-electron chi connectivity index (χ3n) is 11.3. The molecule has 2 unspecified atom stereocenters. The largest absolute Gasteiger partial charge is 0.480 e. The summed E-state index contributed by atoms with van der Waals surface area (Å²) in [4.78, 5) is 36.5. The first kappa shape index (κ1) is 54.1. The van der Waals surface area contributed by atoms with Crippen molar-refractivity contribution >= 4 is 17.8 Å². The van der Waals surface area contributed by atoms with E-state index in [0.29, 0.717) is 32.2 Å². The van der Waals surface area contributed by atoms with Crippen LogP contribution in [0.4, 0.5) is 0 Å². The number of hydrogen-bond acceptors (Lipinski definition) is 5. The summed E-state index contributed by atoms with van der Waals surface area (Å²) in [5.74, 6) is -1.22. The van der Waals surface area contributed by atoms with Crippen LogP contribution in [0.5, 0.6) is 0 Å². The van der Waals surface area contributed by atoms with E-state index in [1.54, 1.807) is 0 Å². The molecule has 0 rings (SSSR count). The van der Waals surface area contributed by atoms with Gasteiger partial charge in [-0.25, -0.2) is 4.79 Å². The molecule has 0 aromatic heterocycles. The van der Waals surface area contributed by atoms with E-state index in [2.05, 4.69) is 31.3 Å². The van der Waals surface area contributed by atoms with Crippen LogP contribution in [-0.2, 0) is 19.1 Å². The van der Waals surface area contributed by atoms with Crippen molar-refractivity contribution in [2.24, 2.45) is 5.73 Å². The number of carboxylic acids is 1. The van der Waals surface area contributed by atoms with Crippen LogP contribution in [0.25, 0.3) is 0 Å². The molecule has 56 heavy (non-hydrogen) atoms. The molecule has 330 valence electrons. The zero-order valence-electron chi connectivity index (χ0n) is 37.3. The highest BCUT2D eigenvalue weighted by Gasteiger charge is 2.19. The summed E-state index contributed by atoms with van der Waals surface area (Å²) in [5.41, 5.74) is 5.50. The molecular weight excluding hydrogens is 697 g/mol. The van der Waals surface area contributed by atoms with Crippen molar-refractivity contribution < 1.29 is 24.2 Å². The van der Waals surface area contributed by atoms with Crippen LogP contribution in [-0.4, -0.2) is 41.6 Å². The maximum absolute atomic E-state index is 12.9. The zero-order chi connectivity index (χ0) is 41.0. The summed E-state index contributed by atoms with van der Waals surface area (Å²) in [5, 5.41) is 12.0. The van der Waals surface area contributed by atoms with Gasteiger partial charge in [0.2, 0.25) is 5.91 Å². The third kappa shape index (κ3) is 40.3. The molecule has 0 heterocycles. The third-order valence-corrected chi connectivity index (χ3v) is 11.3. The number of hydrogen-bond donors (Lipinski definition) is 3. The molecule has 0 bridgehead atoms. The lowest BCUT2D eigenvalue weighted by molar-refractivity contribution is -0.150. The van der Waals surface area contributed by atoms with E-state index in [-0.39, 0.29) is 18.0 Å². The normalized spacial score (nSPS) is 12.6. The Kier molecular flexibility index (Phi) is 42.7. The number of amides is 1. The number of carbonyl (C=O) groups is 3. The molecule has 0 aliphatic heterocycles. The van der Waals surface area contributed by atoms with E-state index >= 15 is 0 Å². The first-order chi connectivity index (χ1) is 27.4. The summed E-state index contributed by atoms with van der Waals surface area (Å²) in [6.07, 6.45) is 49.7. The maximum Gasteiger partial charge on any atom is 0.326 e. The fraction of sp³-hybridized carbons (Fsp3) is 0.898. The Morgan fingerprint density at radius 1 is 0.500 bits per heavy atom. The summed E-state index contributed by atoms with van der Waals surface area (Å²) in [6.45, 7) is 4.97. The summed E-state index contributed by atoms with van der Waals surface area (Å²) < 4.78 is 6.08. The fourth-order valence-corrected chi connectivity index (χ4v) is 7.62. The van der Waals surface area contributed by atoms with Crippen LogP contribution in [0.3, 0.4) is 0 Å². The van der Waals surface area contributed by atoms with Crippen molar-refractivity contribution in [1.82, 2.24) is 5.32 Å². The van der Waals surface area contributed by atoms with Crippen LogP contribution in [0.15, 0.2) is 12.2 Å². The number of rotatable bonds is 45. The highest BCUT2D eigenvalue weighted by Crippen LogP contribution is 2.19. The number of carbonyl (C=O) groups excluding carboxylic acids is 2. The molecule has 0 fully saturated rings. The van der Waals surface area contributed by atoms with Gasteiger partial charge in [0.1, 0.15) is 12.1 Å². The number of allylic oxidation sites excluding steroid dienone is 2. The van der Waals surface area contributed by atoms with Gasteiger partial charge in [0.25, 0.3) is 0 Å². The molecule has 0 aromatic rings. The molecule has 0 spiro atoms. The van der Waals surface area contributed by atoms with Gasteiger partial charge in [-0.2, -0.15) is 0 Å². The smallest absolute Gasteiger partial charge is 0.326 e. The van der Waals surface area contributed by atoms with Gasteiger partial charge >= 0.3 is 11.9 Å². The summed E-state index contributed by atoms with van der Waals surface area (Å²) in [6, 6.07) is -0.855. The van der Waals surface area contributed by atoms with Crippen molar-refractivity contribution in [2.45, 2.75) is 276 Å². The summed E-state index contributed by atoms with van der Waals surface area (Å²) >= 11 is 0. The lowest BCUT2D eigenvalue weighted by Crippen LogP contribution is -2.40. The minimum atomic E-state index is -1.00. The number of aliphatic carboxylic acids is 1. The molecule has 0 saturated heterocycles. The van der Waals surface area contributed by atoms with Crippen LogP contribution < -0.4 is 11.1 Å². The Morgan fingerprint density at radius 2 is 0.875 bits per heavy atom. The number of nitrogens with two attached hydrogens (primary N) is 1. The average molecular weight is 791 g/mol. The van der Waals surface area contributed by atoms with E-state index in [4.69, 9.17) is 10.5 Å². The number of unbranched alkanes of at least 4 members (excludes halogenated alkanes) is 29. The first-order valence-electron chi connectivity index (χ1n) is 24.5. The van der Waals surface area contributed by atoms with Gasteiger partial charge in [-0.15, -0.1) is 0 Å². The lowest BCUT2D eigenvalue weighted by Gasteiger charge is -2.18. The molecule has 1 amide bonds. The first-order valence-corrected chi connectivity index (χ1v) is 24.5. The van der Waals surface area contributed by atoms with E-state index in [9.17, 15) is 19.5 Å². The Labute approximate surface area is 347 Å². The van der Waals surface area contributed by atoms with E-state index in [1.165, 1.54) is 161 Å². The standard InChI is InChI=1S/C49H94N2O5/c1-3-5-7-9-11-13-15-17-19-21-23-25-27-30-34-39-45(40-35-31-29-32-36-42-47(52)51-46(49(54)55)41-38-44-50)56-48(53)43-37-33-28-26-24-22-20-18-16-14-12-10-8-6-4-2/h18,20,45-46H,3-17,19,21-44,50H2,1-2H3,(H,51,52)(H,54,55)/b20-18-. The summed E-state index contributed by atoms with van der Waals surface area (Å²) in [7, 11) is 0. The second-order valence-electron chi connectivity index (χ2n) is 16.9. The Bertz CT molecular complexity index is 894. The van der Waals surface area contributed by atoms with Crippen molar-refractivity contribution in [3.8, 4) is 0 Å². The van der Waals surface area contributed by atoms with Crippen LogP contribution in [0.1, 0.15) is 264 Å². The van der Waals surface area contributed by atoms with Gasteiger partial charge in [-0.1, -0.05) is 187 Å². The molecule has 2 atom stereocenters. The van der Waals surface area contributed by atoms with Gasteiger partial charge in [-0.3, -0.25) is 9.59 Å². The average Bonchev–Trinajstić information content (AvgIpc) is 3.18. The van der Waals surface area contributed by atoms with Gasteiger partial charge in [-0.05, 0) is 83.6 Å². The second kappa shape index (κ2) is 44.2. The number of esters is 1. The molecule has 0 aliphatic rings. The van der Waals surface area contributed by atoms with Crippen molar-refractivity contribution in [1.29, 1.82) is 0 Å². The van der Waals surface area contributed by atoms with Gasteiger partial charge in [0.05, 0.1) is 0 Å². The minimum absolute atomic E-state index is 0.0138. The second-order valence-corrected chi connectivity index (χ2v) is 16.9. The molecule has 0 aromatic carbocycles. The van der Waals surface area contributed by atoms with Crippen molar-refractivity contribution in [3.05, 3.63) is 12.2 Å². The predicted molar refractivity (Wildman–Crippen MR) is 239 cm³/mol. The number of carboxylic acid groups (broad SMARTS) is 1. The predicted octanol–water partition coefficient (Wildman–Crippen LogP) is 14.2. The molecule has 0 aliphatic carbocycles. The molecule has 7 heteroatoms. The zero-order valence-corrected chi connectivity index (χ0v) is 37.3. The van der Waals surface area contributed by atoms with E-state index in [0.717, 1.165) is 64.2 Å². The molecule has 7 nitrogen and oxygen atoms in total. The van der Waals surface area contributed by atoms with Crippen LogP contribution in [0.2, 0.25) is 0 Å². The van der Waals surface area contributed by atoms with Gasteiger partial charge in [0, 0.05) is 12.8 Å². The Hall–Kier alpha value is -1.89. The monoisotopic (exact) mass is 791 g/mol. The SMILES string of the molecule is CCCCCCCC/C=C\CCCCCCCC(=O)OC(CCCCCCCCCCCCCCCCC)CCCCCCCC(=O)NC(CCCN)C(=O)O. The van der Waals surface area contributed by atoms with Crippen LogP contribution >= 0.6 is 0 Å². The highest BCUT2D eigenvalue weighted by atomic mass is 16.5. The number of ether oxygens (including phenoxy) is 1. The minimum Gasteiger partial charge on any atom is -0.480 e. The van der Waals surface area contributed by atoms with Gasteiger partial charge in [0.15, 0.2) is 0 Å². The lowest BCUT2D eigenvalue weighted by atomic mass is 10.0. The Balaban J connectivity index is 4.30. The van der Waals surface area contributed by atoms with E-state index < -0.39 is 12.0 Å². The Morgan fingerprint density at radius 3 is 1.29 bits per heavy atom. The number of nitrogens with one attached hydrogen (secondary N) is 1. The van der Waals surface area contributed by atoms with Crippen molar-refractivity contribution in [3.63, 3.8) is 0 Å². The van der Waals surface area contributed by atoms with E-state index in [1.807, 2.05) is 0 Å². The topological polar surface area (TPSA) is 119 Å². The van der Waals surface area contributed by atoms with Gasteiger partial charge < -0.3 is 20.9 Å². The fourth-order valence-electron chi connectivity index (χ4n) is 7.62. The van der Waals surface area contributed by atoms with Crippen LogP contribution in [0, 0.1) is 0 Å². The quantitative estimate of drug-likeness (QED) is 0.0321. The highest BCUT2D eigenvalue weighted by molar-refractivity contribution is 5.83. The maximum atomic E-state index is 12.9. The molecule has 4 N–H and O–H groups in total. The van der Waals surface area contributed by atoms with Crippen molar-refractivity contribution in [2.75, 3.05) is 6.54 Å². The molecule has 0 radical (unpaired) electrons. The molecular formula is C49H94N2O5. The molecule has 0 saturated carbocycles.